The molecule has 2 aromatic carbocycles. The number of carbonyl (C=O) groups excluding carboxylic acids is 1. The van der Waals surface area contributed by atoms with Crippen molar-refractivity contribution >= 4 is 33.4 Å². The van der Waals surface area contributed by atoms with Crippen LogP contribution in [-0.4, -0.2) is 27.7 Å². The standard InChI is InChI=1S/C18H22N2O4S2/c1-12(15-7-5-6-8-17(15)24-3)20-26(22,23)14-9-10-18(25-4)16(11-14)19-13(2)21/h5-12,20H,1-4H3,(H,19,21)/t12-/m1/s1. The maximum Gasteiger partial charge on any atom is 0.241 e. The SMILES string of the molecule is COc1ccccc1[C@@H](C)NS(=O)(=O)c1ccc(SC)c(NC(C)=O)c1. The van der Waals surface area contributed by atoms with Gasteiger partial charge in [-0.15, -0.1) is 11.8 Å². The van der Waals surface area contributed by atoms with E-state index >= 15 is 0 Å². The number of thioether (sulfide) groups is 1. The summed E-state index contributed by atoms with van der Waals surface area (Å²) < 4.78 is 33.5. The van der Waals surface area contributed by atoms with Gasteiger partial charge in [0.1, 0.15) is 5.75 Å². The lowest BCUT2D eigenvalue weighted by molar-refractivity contribution is -0.114. The summed E-state index contributed by atoms with van der Waals surface area (Å²) in [6.45, 7) is 3.13. The Hall–Kier alpha value is -2.03. The molecule has 140 valence electrons. The van der Waals surface area contributed by atoms with Gasteiger partial charge >= 0.3 is 0 Å². The van der Waals surface area contributed by atoms with Gasteiger partial charge in [-0.05, 0) is 37.4 Å². The van der Waals surface area contributed by atoms with Crippen LogP contribution in [0.4, 0.5) is 5.69 Å². The smallest absolute Gasteiger partial charge is 0.241 e. The maximum absolute atomic E-state index is 12.8. The van der Waals surface area contributed by atoms with Crippen molar-refractivity contribution in [3.05, 3.63) is 48.0 Å². The van der Waals surface area contributed by atoms with E-state index < -0.39 is 16.1 Å². The molecule has 6 nitrogen and oxygen atoms in total. The summed E-state index contributed by atoms with van der Waals surface area (Å²) in [6, 6.07) is 11.4. The van der Waals surface area contributed by atoms with Crippen molar-refractivity contribution in [2.45, 2.75) is 29.7 Å². The highest BCUT2D eigenvalue weighted by Crippen LogP contribution is 2.30. The Morgan fingerprint density at radius 1 is 1.19 bits per heavy atom. The van der Waals surface area contributed by atoms with E-state index in [1.807, 2.05) is 24.5 Å². The van der Waals surface area contributed by atoms with Crippen molar-refractivity contribution < 1.29 is 17.9 Å². The fraction of sp³-hybridized carbons (Fsp3) is 0.278. The van der Waals surface area contributed by atoms with Crippen molar-refractivity contribution in [1.82, 2.24) is 4.72 Å². The van der Waals surface area contributed by atoms with Crippen LogP contribution < -0.4 is 14.8 Å². The predicted molar refractivity (Wildman–Crippen MR) is 104 cm³/mol. The summed E-state index contributed by atoms with van der Waals surface area (Å²) in [7, 11) is -2.24. The van der Waals surface area contributed by atoms with E-state index in [0.29, 0.717) is 11.4 Å². The largest absolute Gasteiger partial charge is 0.496 e. The Kier molecular flexibility index (Phi) is 6.69. The minimum absolute atomic E-state index is 0.0841. The van der Waals surface area contributed by atoms with E-state index in [1.165, 1.54) is 30.8 Å². The summed E-state index contributed by atoms with van der Waals surface area (Å²) in [5.41, 5.74) is 1.21. The molecule has 26 heavy (non-hydrogen) atoms. The molecule has 0 aliphatic rings. The van der Waals surface area contributed by atoms with Gasteiger partial charge in [0.15, 0.2) is 0 Å². The van der Waals surface area contributed by atoms with E-state index in [2.05, 4.69) is 10.0 Å². The molecule has 8 heteroatoms. The van der Waals surface area contributed by atoms with Gasteiger partial charge in [-0.3, -0.25) is 4.79 Å². The van der Waals surface area contributed by atoms with Gasteiger partial charge < -0.3 is 10.1 Å². The fourth-order valence-electron chi connectivity index (χ4n) is 2.53. The zero-order valence-corrected chi connectivity index (χ0v) is 16.7. The molecule has 0 aliphatic carbocycles. The zero-order valence-electron chi connectivity index (χ0n) is 15.1. The second-order valence-corrected chi connectivity index (χ2v) is 8.19. The van der Waals surface area contributed by atoms with Gasteiger partial charge in [-0.2, -0.15) is 0 Å². The first-order chi connectivity index (χ1) is 12.3. The second kappa shape index (κ2) is 8.57. The van der Waals surface area contributed by atoms with Gasteiger partial charge in [0.05, 0.1) is 17.7 Å². The Balaban J connectivity index is 2.33. The van der Waals surface area contributed by atoms with E-state index in [-0.39, 0.29) is 10.8 Å². The number of para-hydroxylation sites is 1. The highest BCUT2D eigenvalue weighted by molar-refractivity contribution is 7.98. The minimum atomic E-state index is -3.78. The molecule has 0 saturated heterocycles. The Morgan fingerprint density at radius 2 is 1.88 bits per heavy atom. The zero-order chi connectivity index (χ0) is 19.3. The van der Waals surface area contributed by atoms with Crippen LogP contribution in [-0.2, 0) is 14.8 Å². The van der Waals surface area contributed by atoms with Crippen LogP contribution in [0.2, 0.25) is 0 Å². The molecule has 2 aromatic rings. The lowest BCUT2D eigenvalue weighted by Crippen LogP contribution is -2.27. The molecular formula is C18H22N2O4S2. The number of carbonyl (C=O) groups is 1. The highest BCUT2D eigenvalue weighted by atomic mass is 32.2. The molecule has 2 N–H and O–H groups in total. The molecule has 0 fully saturated rings. The average Bonchev–Trinajstić information content (AvgIpc) is 2.60. The Morgan fingerprint density at radius 3 is 2.50 bits per heavy atom. The molecule has 0 unspecified atom stereocenters. The number of amides is 1. The van der Waals surface area contributed by atoms with Crippen LogP contribution in [0.3, 0.4) is 0 Å². The number of ether oxygens (including phenoxy) is 1. The third-order valence-electron chi connectivity index (χ3n) is 3.73. The van der Waals surface area contributed by atoms with Crippen molar-refractivity contribution in [2.24, 2.45) is 0 Å². The van der Waals surface area contributed by atoms with Crippen LogP contribution in [0.15, 0.2) is 52.3 Å². The van der Waals surface area contributed by atoms with Gasteiger partial charge in [0.2, 0.25) is 15.9 Å². The molecule has 1 atom stereocenters. The summed E-state index contributed by atoms with van der Waals surface area (Å²) >= 11 is 1.43. The van der Waals surface area contributed by atoms with E-state index in [4.69, 9.17) is 4.74 Å². The third-order valence-corrected chi connectivity index (χ3v) is 6.06. The number of hydrogen-bond donors (Lipinski definition) is 2. The maximum atomic E-state index is 12.8. The molecule has 2 rings (SSSR count). The summed E-state index contributed by atoms with van der Waals surface area (Å²) in [6.07, 6.45) is 1.86. The summed E-state index contributed by atoms with van der Waals surface area (Å²) in [5.74, 6) is 0.351. The molecule has 0 aliphatic heterocycles. The lowest BCUT2D eigenvalue weighted by atomic mass is 10.1. The quantitative estimate of drug-likeness (QED) is 0.703. The van der Waals surface area contributed by atoms with Crippen LogP contribution in [0.5, 0.6) is 5.75 Å². The first kappa shape index (κ1) is 20.3. The Labute approximate surface area is 158 Å². The number of anilines is 1. The summed E-state index contributed by atoms with van der Waals surface area (Å²) in [5, 5.41) is 2.67. The average molecular weight is 395 g/mol. The first-order valence-electron chi connectivity index (χ1n) is 7.89. The van der Waals surface area contributed by atoms with Crippen LogP contribution in [0.1, 0.15) is 25.5 Å². The highest BCUT2D eigenvalue weighted by Gasteiger charge is 2.21. The normalized spacial score (nSPS) is 12.5. The monoisotopic (exact) mass is 394 g/mol. The minimum Gasteiger partial charge on any atom is -0.496 e. The number of sulfonamides is 1. The van der Waals surface area contributed by atoms with Crippen molar-refractivity contribution in [2.75, 3.05) is 18.7 Å². The molecule has 0 saturated carbocycles. The molecule has 0 heterocycles. The topological polar surface area (TPSA) is 84.5 Å². The number of nitrogens with one attached hydrogen (secondary N) is 2. The van der Waals surface area contributed by atoms with Gasteiger partial charge in [-0.25, -0.2) is 13.1 Å². The number of methoxy groups -OCH3 is 1. The van der Waals surface area contributed by atoms with Gasteiger partial charge in [-0.1, -0.05) is 18.2 Å². The molecule has 0 radical (unpaired) electrons. The van der Waals surface area contributed by atoms with Crippen molar-refractivity contribution in [3.63, 3.8) is 0 Å². The Bertz CT molecular complexity index is 898. The number of benzene rings is 2. The fourth-order valence-corrected chi connectivity index (χ4v) is 4.31. The molecule has 0 bridgehead atoms. The predicted octanol–water partition coefficient (Wildman–Crippen LogP) is 3.42. The van der Waals surface area contributed by atoms with E-state index in [9.17, 15) is 13.2 Å². The van der Waals surface area contributed by atoms with Crippen LogP contribution in [0.25, 0.3) is 0 Å². The van der Waals surface area contributed by atoms with Gasteiger partial charge in [0.25, 0.3) is 0 Å². The third kappa shape index (κ3) is 4.78. The van der Waals surface area contributed by atoms with Crippen LogP contribution in [0, 0.1) is 0 Å². The lowest BCUT2D eigenvalue weighted by Gasteiger charge is -2.18. The molecule has 0 aromatic heterocycles. The molecular weight excluding hydrogens is 372 g/mol. The van der Waals surface area contributed by atoms with E-state index in [1.54, 1.807) is 26.2 Å². The van der Waals surface area contributed by atoms with E-state index in [0.717, 1.165) is 10.5 Å². The van der Waals surface area contributed by atoms with Crippen molar-refractivity contribution in [1.29, 1.82) is 0 Å². The van der Waals surface area contributed by atoms with Gasteiger partial charge in [0, 0.05) is 23.4 Å². The number of hydrogen-bond acceptors (Lipinski definition) is 5. The molecule has 1 amide bonds. The molecule has 0 spiro atoms. The van der Waals surface area contributed by atoms with Crippen molar-refractivity contribution in [3.8, 4) is 5.75 Å². The number of rotatable bonds is 7. The second-order valence-electron chi connectivity index (χ2n) is 5.63. The first-order valence-corrected chi connectivity index (χ1v) is 10.6. The van der Waals surface area contributed by atoms with Crippen LogP contribution >= 0.6 is 11.8 Å². The summed E-state index contributed by atoms with van der Waals surface area (Å²) in [4.78, 5) is 12.2.